The summed E-state index contributed by atoms with van der Waals surface area (Å²) in [5.74, 6) is 0.936. The number of halogens is 1. The molecule has 0 unspecified atom stereocenters. The molecule has 1 aliphatic rings. The summed E-state index contributed by atoms with van der Waals surface area (Å²) >= 11 is 5.82. The topological polar surface area (TPSA) is 19.4 Å². The average Bonchev–Trinajstić information content (AvgIpc) is 2.19. The minimum Gasteiger partial charge on any atom is -0.354 e. The number of rotatable bonds is 1. The molecule has 0 amide bonds. The highest BCUT2D eigenvalue weighted by Crippen LogP contribution is 2.15. The molecule has 14 heavy (non-hydrogen) atoms. The van der Waals surface area contributed by atoms with Crippen molar-refractivity contribution in [2.75, 3.05) is 31.1 Å². The first-order valence-corrected chi connectivity index (χ1v) is 5.00. The molecule has 0 bridgehead atoms. The maximum absolute atomic E-state index is 5.82. The van der Waals surface area contributed by atoms with Crippen molar-refractivity contribution in [1.82, 2.24) is 9.79 Å². The second-order valence-corrected chi connectivity index (χ2v) is 3.73. The van der Waals surface area contributed by atoms with E-state index >= 15 is 0 Å². The lowest BCUT2D eigenvalue weighted by atomic mass is 10.2. The molecule has 1 aromatic heterocycles. The molecule has 2 radical (unpaired) electrons. The zero-order valence-electron chi connectivity index (χ0n) is 7.86. The smallest absolute Gasteiger partial charge is 0.182 e. The van der Waals surface area contributed by atoms with E-state index in [0.29, 0.717) is 5.15 Å². The summed E-state index contributed by atoms with van der Waals surface area (Å²) in [6.45, 7) is 3.55. The summed E-state index contributed by atoms with van der Waals surface area (Å²) in [7, 11) is 5.67. The molecule has 0 aliphatic carbocycles. The second-order valence-electron chi connectivity index (χ2n) is 3.34. The van der Waals surface area contributed by atoms with E-state index in [1.54, 1.807) is 6.07 Å². The number of nitrogens with zero attached hydrogens (tertiary/aromatic N) is 3. The van der Waals surface area contributed by atoms with Crippen LogP contribution in [-0.4, -0.2) is 44.0 Å². The third-order valence-electron chi connectivity index (χ3n) is 2.34. The molecule has 3 nitrogen and oxygen atoms in total. The van der Waals surface area contributed by atoms with Gasteiger partial charge in [-0.2, -0.15) is 0 Å². The summed E-state index contributed by atoms with van der Waals surface area (Å²) in [4.78, 5) is 8.26. The molecule has 1 fully saturated rings. The molecule has 2 rings (SSSR count). The molecule has 1 saturated heterocycles. The van der Waals surface area contributed by atoms with Crippen LogP contribution in [0.15, 0.2) is 18.2 Å². The summed E-state index contributed by atoms with van der Waals surface area (Å²) in [6, 6.07) is 5.67. The fourth-order valence-corrected chi connectivity index (χ4v) is 1.68. The van der Waals surface area contributed by atoms with Gasteiger partial charge in [0.15, 0.2) is 7.98 Å². The lowest BCUT2D eigenvalue weighted by molar-refractivity contribution is 0.413. The lowest BCUT2D eigenvalue weighted by Crippen LogP contribution is -2.45. The van der Waals surface area contributed by atoms with Crippen LogP contribution in [0.25, 0.3) is 0 Å². The number of piperazine rings is 1. The van der Waals surface area contributed by atoms with E-state index in [-0.39, 0.29) is 0 Å². The standard InChI is InChI=1S/C9H11BClN3/c10-14-6-4-13(5-7-14)9-3-1-2-8(11)12-9/h1-3H,4-7H2. The third kappa shape index (κ3) is 2.19. The van der Waals surface area contributed by atoms with Gasteiger partial charge < -0.3 is 9.71 Å². The Kier molecular flexibility index (Phi) is 2.94. The van der Waals surface area contributed by atoms with Crippen LogP contribution in [0.1, 0.15) is 0 Å². The van der Waals surface area contributed by atoms with Crippen LogP contribution in [0.4, 0.5) is 5.82 Å². The fourth-order valence-electron chi connectivity index (χ4n) is 1.52. The van der Waals surface area contributed by atoms with E-state index in [1.807, 2.05) is 16.9 Å². The predicted molar refractivity (Wildman–Crippen MR) is 58.8 cm³/mol. The minimum absolute atomic E-state index is 0.540. The van der Waals surface area contributed by atoms with Crippen molar-refractivity contribution in [2.24, 2.45) is 0 Å². The highest BCUT2D eigenvalue weighted by atomic mass is 35.5. The van der Waals surface area contributed by atoms with Gasteiger partial charge in [-0.3, -0.25) is 0 Å². The molecule has 0 saturated carbocycles. The van der Waals surface area contributed by atoms with Crippen molar-refractivity contribution >= 4 is 25.4 Å². The number of anilines is 1. The Hall–Kier alpha value is -0.735. The Balaban J connectivity index is 2.08. The molecule has 0 N–H and O–H groups in total. The van der Waals surface area contributed by atoms with Gasteiger partial charge >= 0.3 is 0 Å². The van der Waals surface area contributed by atoms with E-state index in [2.05, 4.69) is 9.88 Å². The Morgan fingerprint density at radius 2 is 1.93 bits per heavy atom. The highest BCUT2D eigenvalue weighted by Gasteiger charge is 2.14. The van der Waals surface area contributed by atoms with Crippen LogP contribution in [0, 0.1) is 0 Å². The van der Waals surface area contributed by atoms with Gasteiger partial charge in [0.05, 0.1) is 0 Å². The van der Waals surface area contributed by atoms with E-state index in [1.165, 1.54) is 0 Å². The quantitative estimate of drug-likeness (QED) is 0.505. The molecule has 1 aromatic rings. The molecular formula is C9H11BClN3. The van der Waals surface area contributed by atoms with Crippen molar-refractivity contribution in [1.29, 1.82) is 0 Å². The van der Waals surface area contributed by atoms with Gasteiger partial charge in [0, 0.05) is 26.2 Å². The largest absolute Gasteiger partial charge is 0.354 e. The number of aromatic nitrogens is 1. The number of hydrogen-bond donors (Lipinski definition) is 0. The molecule has 0 aromatic carbocycles. The molecule has 5 heteroatoms. The van der Waals surface area contributed by atoms with Crippen LogP contribution < -0.4 is 4.90 Å². The first kappa shape index (κ1) is 9.81. The van der Waals surface area contributed by atoms with Crippen molar-refractivity contribution in [2.45, 2.75) is 0 Å². The van der Waals surface area contributed by atoms with Gasteiger partial charge in [0.2, 0.25) is 0 Å². The molecule has 0 atom stereocenters. The monoisotopic (exact) mass is 207 g/mol. The van der Waals surface area contributed by atoms with E-state index in [4.69, 9.17) is 19.6 Å². The first-order chi connectivity index (χ1) is 6.75. The molecule has 1 aliphatic heterocycles. The van der Waals surface area contributed by atoms with E-state index in [0.717, 1.165) is 32.0 Å². The van der Waals surface area contributed by atoms with E-state index < -0.39 is 0 Å². The zero-order chi connectivity index (χ0) is 9.97. The maximum atomic E-state index is 5.82. The van der Waals surface area contributed by atoms with Gasteiger partial charge in [0.1, 0.15) is 11.0 Å². The SMILES string of the molecule is [B]N1CCN(c2cccc(Cl)n2)CC1. The number of hydrogen-bond acceptors (Lipinski definition) is 3. The maximum Gasteiger partial charge on any atom is 0.182 e. The second kappa shape index (κ2) is 4.19. The average molecular weight is 207 g/mol. The number of pyridine rings is 1. The van der Waals surface area contributed by atoms with Gasteiger partial charge in [-0.05, 0) is 12.1 Å². The third-order valence-corrected chi connectivity index (χ3v) is 2.55. The van der Waals surface area contributed by atoms with Crippen LogP contribution in [0.3, 0.4) is 0 Å². The van der Waals surface area contributed by atoms with Crippen LogP contribution in [0.5, 0.6) is 0 Å². The first-order valence-electron chi connectivity index (χ1n) is 4.63. The van der Waals surface area contributed by atoms with Gasteiger partial charge in [0.25, 0.3) is 0 Å². The van der Waals surface area contributed by atoms with Crippen molar-refractivity contribution in [3.63, 3.8) is 0 Å². The molecule has 0 spiro atoms. The summed E-state index contributed by atoms with van der Waals surface area (Å²) < 4.78 is 0. The Bertz CT molecular complexity index is 313. The van der Waals surface area contributed by atoms with Crippen molar-refractivity contribution < 1.29 is 0 Å². The summed E-state index contributed by atoms with van der Waals surface area (Å²) in [6.07, 6.45) is 0. The normalized spacial score (nSPS) is 18.5. The van der Waals surface area contributed by atoms with Gasteiger partial charge in [-0.15, -0.1) is 0 Å². The van der Waals surface area contributed by atoms with Crippen LogP contribution >= 0.6 is 11.6 Å². The predicted octanol–water partition coefficient (Wildman–Crippen LogP) is 0.941. The summed E-state index contributed by atoms with van der Waals surface area (Å²) in [5, 5.41) is 0.540. The van der Waals surface area contributed by atoms with Crippen molar-refractivity contribution in [3.05, 3.63) is 23.4 Å². The Morgan fingerprint density at radius 3 is 2.57 bits per heavy atom. The Labute approximate surface area is 90.1 Å². The van der Waals surface area contributed by atoms with Crippen molar-refractivity contribution in [3.8, 4) is 0 Å². The van der Waals surface area contributed by atoms with Gasteiger partial charge in [-0.25, -0.2) is 4.98 Å². The molecule has 72 valence electrons. The zero-order valence-corrected chi connectivity index (χ0v) is 8.61. The fraction of sp³-hybridized carbons (Fsp3) is 0.444. The van der Waals surface area contributed by atoms with E-state index in [9.17, 15) is 0 Å². The molecular weight excluding hydrogens is 196 g/mol. The Morgan fingerprint density at radius 1 is 1.21 bits per heavy atom. The van der Waals surface area contributed by atoms with Gasteiger partial charge in [-0.1, -0.05) is 17.7 Å². The summed E-state index contributed by atoms with van der Waals surface area (Å²) in [5.41, 5.74) is 0. The van der Waals surface area contributed by atoms with Crippen LogP contribution in [0.2, 0.25) is 5.15 Å². The highest BCUT2D eigenvalue weighted by molar-refractivity contribution is 6.29. The van der Waals surface area contributed by atoms with Crippen LogP contribution in [-0.2, 0) is 0 Å². The minimum atomic E-state index is 0.540. The molecule has 2 heterocycles. The lowest BCUT2D eigenvalue weighted by Gasteiger charge is -2.33.